The van der Waals surface area contributed by atoms with E-state index < -0.39 is 6.10 Å². The van der Waals surface area contributed by atoms with Crippen LogP contribution in [-0.4, -0.2) is 60.6 Å². The van der Waals surface area contributed by atoms with E-state index in [0.29, 0.717) is 0 Å². The van der Waals surface area contributed by atoms with Crippen LogP contribution in [0, 0.1) is 0 Å². The van der Waals surface area contributed by atoms with E-state index in [1.807, 2.05) is 0 Å². The molecule has 0 bridgehead atoms. The van der Waals surface area contributed by atoms with Crippen LogP contribution >= 0.6 is 0 Å². The third-order valence-electron chi connectivity index (χ3n) is 2.61. The van der Waals surface area contributed by atoms with Crippen molar-refractivity contribution in [2.75, 3.05) is 26.8 Å². The molecule has 1 unspecified atom stereocenters. The molecule has 1 saturated heterocycles. The minimum Gasteiger partial charge on any atom is -0.389 e. The standard InChI is InChI=1S/C11H18N2O5/c1-18-7-8(14)6-12-9(15)4-5-13-10(16)2-3-11(13)17/h8,14H,2-7H2,1H3,(H,12,15). The largest absolute Gasteiger partial charge is 0.389 e. The Hall–Kier alpha value is -1.47. The average molecular weight is 258 g/mol. The highest BCUT2D eigenvalue weighted by atomic mass is 16.5. The van der Waals surface area contributed by atoms with Crippen LogP contribution < -0.4 is 5.32 Å². The maximum Gasteiger partial charge on any atom is 0.229 e. The molecule has 0 aromatic heterocycles. The molecule has 0 aromatic rings. The molecule has 0 spiro atoms. The molecule has 7 nitrogen and oxygen atoms in total. The van der Waals surface area contributed by atoms with Gasteiger partial charge in [-0.2, -0.15) is 0 Å². The number of rotatable bonds is 7. The molecule has 0 saturated carbocycles. The summed E-state index contributed by atoms with van der Waals surface area (Å²) in [4.78, 5) is 35.0. The summed E-state index contributed by atoms with van der Waals surface area (Å²) in [5, 5.41) is 11.8. The highest BCUT2D eigenvalue weighted by molar-refractivity contribution is 6.02. The lowest BCUT2D eigenvalue weighted by atomic mass is 10.3. The van der Waals surface area contributed by atoms with Crippen LogP contribution in [0.3, 0.4) is 0 Å². The summed E-state index contributed by atoms with van der Waals surface area (Å²) in [6, 6.07) is 0. The molecule has 0 aliphatic carbocycles. The van der Waals surface area contributed by atoms with Gasteiger partial charge < -0.3 is 15.2 Å². The highest BCUT2D eigenvalue weighted by Crippen LogP contribution is 2.11. The predicted molar refractivity (Wildman–Crippen MR) is 61.5 cm³/mol. The molecule has 1 rings (SSSR count). The van der Waals surface area contributed by atoms with Gasteiger partial charge in [-0.25, -0.2) is 0 Å². The monoisotopic (exact) mass is 258 g/mol. The summed E-state index contributed by atoms with van der Waals surface area (Å²) in [6.07, 6.45) is -0.244. The Morgan fingerprint density at radius 2 is 2.06 bits per heavy atom. The number of aliphatic hydroxyl groups is 1. The van der Waals surface area contributed by atoms with E-state index in [9.17, 15) is 19.5 Å². The Morgan fingerprint density at radius 3 is 2.61 bits per heavy atom. The number of nitrogens with one attached hydrogen (secondary N) is 1. The molecule has 18 heavy (non-hydrogen) atoms. The lowest BCUT2D eigenvalue weighted by Crippen LogP contribution is -2.37. The number of nitrogens with zero attached hydrogens (tertiary/aromatic N) is 1. The molecule has 0 aromatic carbocycles. The summed E-state index contributed by atoms with van der Waals surface area (Å²) in [7, 11) is 1.45. The maximum atomic E-state index is 11.4. The van der Waals surface area contributed by atoms with E-state index in [2.05, 4.69) is 5.32 Å². The Morgan fingerprint density at radius 1 is 1.44 bits per heavy atom. The predicted octanol–water partition coefficient (Wildman–Crippen LogP) is -1.35. The van der Waals surface area contributed by atoms with Gasteiger partial charge in [-0.05, 0) is 0 Å². The molecule has 0 radical (unpaired) electrons. The lowest BCUT2D eigenvalue weighted by Gasteiger charge is -2.14. The number of amides is 3. The fraction of sp³-hybridized carbons (Fsp3) is 0.727. The zero-order valence-electron chi connectivity index (χ0n) is 10.3. The van der Waals surface area contributed by atoms with Crippen molar-refractivity contribution in [2.45, 2.75) is 25.4 Å². The Bertz CT molecular complexity index is 315. The van der Waals surface area contributed by atoms with E-state index in [-0.39, 0.29) is 56.7 Å². The summed E-state index contributed by atoms with van der Waals surface area (Å²) >= 11 is 0. The molecular formula is C11H18N2O5. The van der Waals surface area contributed by atoms with Crippen LogP contribution in [0.1, 0.15) is 19.3 Å². The summed E-state index contributed by atoms with van der Waals surface area (Å²) in [6.45, 7) is 0.335. The van der Waals surface area contributed by atoms with Crippen LogP contribution in [-0.2, 0) is 19.1 Å². The molecular weight excluding hydrogens is 240 g/mol. The first kappa shape index (κ1) is 14.6. The topological polar surface area (TPSA) is 95.9 Å². The first-order chi connectivity index (χ1) is 8.54. The van der Waals surface area contributed by atoms with Gasteiger partial charge in [0.1, 0.15) is 0 Å². The highest BCUT2D eigenvalue weighted by Gasteiger charge is 2.28. The summed E-state index contributed by atoms with van der Waals surface area (Å²) in [5.41, 5.74) is 0. The van der Waals surface area contributed by atoms with Crippen molar-refractivity contribution >= 4 is 17.7 Å². The van der Waals surface area contributed by atoms with Gasteiger partial charge >= 0.3 is 0 Å². The Balaban J connectivity index is 2.21. The zero-order valence-corrected chi connectivity index (χ0v) is 10.3. The number of carbonyl (C=O) groups is 3. The minimum absolute atomic E-state index is 0.0528. The van der Waals surface area contributed by atoms with Crippen LogP contribution in [0.25, 0.3) is 0 Å². The molecule has 2 N–H and O–H groups in total. The average Bonchev–Trinajstić information content (AvgIpc) is 2.64. The van der Waals surface area contributed by atoms with Gasteiger partial charge in [-0.15, -0.1) is 0 Å². The van der Waals surface area contributed by atoms with Crippen LogP contribution in [0.5, 0.6) is 0 Å². The summed E-state index contributed by atoms with van der Waals surface area (Å²) < 4.78 is 4.71. The van der Waals surface area contributed by atoms with E-state index >= 15 is 0 Å². The van der Waals surface area contributed by atoms with Crippen molar-refractivity contribution in [2.24, 2.45) is 0 Å². The van der Waals surface area contributed by atoms with Crippen LogP contribution in [0.15, 0.2) is 0 Å². The molecule has 7 heteroatoms. The SMILES string of the molecule is COCC(O)CNC(=O)CCN1C(=O)CCC1=O. The van der Waals surface area contributed by atoms with Crippen LogP contribution in [0.2, 0.25) is 0 Å². The number of ether oxygens (including phenoxy) is 1. The van der Waals surface area contributed by atoms with Crippen molar-refractivity contribution in [1.29, 1.82) is 0 Å². The molecule has 1 aliphatic heterocycles. The van der Waals surface area contributed by atoms with Crippen molar-refractivity contribution in [3.63, 3.8) is 0 Å². The van der Waals surface area contributed by atoms with E-state index in [1.165, 1.54) is 7.11 Å². The third kappa shape index (κ3) is 4.42. The van der Waals surface area contributed by atoms with E-state index in [1.54, 1.807) is 0 Å². The molecule has 1 fully saturated rings. The first-order valence-corrected chi connectivity index (χ1v) is 5.81. The molecule has 102 valence electrons. The molecule has 1 atom stereocenters. The van der Waals surface area contributed by atoms with Gasteiger partial charge in [0.25, 0.3) is 0 Å². The third-order valence-corrected chi connectivity index (χ3v) is 2.61. The lowest BCUT2D eigenvalue weighted by molar-refractivity contribution is -0.138. The molecule has 1 heterocycles. The van der Waals surface area contributed by atoms with Crippen molar-refractivity contribution in [1.82, 2.24) is 10.2 Å². The number of hydrogen-bond acceptors (Lipinski definition) is 5. The van der Waals surface area contributed by atoms with Gasteiger partial charge in [0.15, 0.2) is 0 Å². The number of likely N-dealkylation sites (tertiary alicyclic amines) is 1. The number of hydrogen-bond donors (Lipinski definition) is 2. The number of carbonyl (C=O) groups excluding carboxylic acids is 3. The Labute approximate surface area is 105 Å². The first-order valence-electron chi connectivity index (χ1n) is 5.81. The van der Waals surface area contributed by atoms with Crippen LogP contribution in [0.4, 0.5) is 0 Å². The number of imide groups is 1. The van der Waals surface area contributed by atoms with Crippen molar-refractivity contribution < 1.29 is 24.2 Å². The van der Waals surface area contributed by atoms with Gasteiger partial charge in [0, 0.05) is 39.5 Å². The zero-order chi connectivity index (χ0) is 13.5. The number of methoxy groups -OCH3 is 1. The number of aliphatic hydroxyl groups excluding tert-OH is 1. The van der Waals surface area contributed by atoms with Gasteiger partial charge in [0.05, 0.1) is 12.7 Å². The quantitative estimate of drug-likeness (QED) is 0.550. The fourth-order valence-corrected chi connectivity index (χ4v) is 1.66. The second-order valence-corrected chi connectivity index (χ2v) is 4.10. The second kappa shape index (κ2) is 7.07. The van der Waals surface area contributed by atoms with Gasteiger partial charge in [0.2, 0.25) is 17.7 Å². The van der Waals surface area contributed by atoms with Crippen molar-refractivity contribution in [3.8, 4) is 0 Å². The maximum absolute atomic E-state index is 11.4. The second-order valence-electron chi connectivity index (χ2n) is 4.10. The summed E-state index contributed by atoms with van der Waals surface area (Å²) in [5.74, 6) is -0.767. The van der Waals surface area contributed by atoms with Gasteiger partial charge in [-0.3, -0.25) is 19.3 Å². The fourth-order valence-electron chi connectivity index (χ4n) is 1.66. The molecule has 3 amide bonds. The normalized spacial score (nSPS) is 17.1. The Kier molecular flexibility index (Phi) is 5.73. The minimum atomic E-state index is -0.756. The smallest absolute Gasteiger partial charge is 0.229 e. The van der Waals surface area contributed by atoms with Gasteiger partial charge in [-0.1, -0.05) is 0 Å². The molecule has 1 aliphatic rings. The van der Waals surface area contributed by atoms with E-state index in [4.69, 9.17) is 4.74 Å². The van der Waals surface area contributed by atoms with Crippen molar-refractivity contribution in [3.05, 3.63) is 0 Å². The van der Waals surface area contributed by atoms with E-state index in [0.717, 1.165) is 4.90 Å².